The lowest BCUT2D eigenvalue weighted by atomic mass is 10.0. The maximum Gasteiger partial charge on any atom is 0.105 e. The third-order valence-electron chi connectivity index (χ3n) is 4.37. The predicted molar refractivity (Wildman–Crippen MR) is 115 cm³/mol. The molecular formula is C22H16Br2N2. The van der Waals surface area contributed by atoms with Crippen molar-refractivity contribution in [2.45, 2.75) is 13.8 Å². The zero-order valence-corrected chi connectivity index (χ0v) is 17.6. The molecule has 3 aromatic carbocycles. The van der Waals surface area contributed by atoms with E-state index in [9.17, 15) is 0 Å². The zero-order valence-electron chi connectivity index (χ0n) is 14.4. The number of aryl methyl sites for hydroxylation is 2. The smallest absolute Gasteiger partial charge is 0.105 e. The summed E-state index contributed by atoms with van der Waals surface area (Å²) in [5.74, 6) is 0. The van der Waals surface area contributed by atoms with Gasteiger partial charge in [-0.3, -0.25) is 0 Å². The summed E-state index contributed by atoms with van der Waals surface area (Å²) in [6.07, 6.45) is 0. The normalized spacial score (nSPS) is 11.1. The van der Waals surface area contributed by atoms with Crippen LogP contribution in [0, 0.1) is 13.8 Å². The highest BCUT2D eigenvalue weighted by atomic mass is 79.9. The van der Waals surface area contributed by atoms with Crippen LogP contribution < -0.4 is 0 Å². The first-order valence-corrected chi connectivity index (χ1v) is 9.91. The van der Waals surface area contributed by atoms with Crippen LogP contribution in [0.5, 0.6) is 0 Å². The molecule has 1 heterocycles. The number of benzene rings is 3. The number of hydrogen-bond acceptors (Lipinski definition) is 2. The summed E-state index contributed by atoms with van der Waals surface area (Å²) in [7, 11) is 0. The monoisotopic (exact) mass is 466 g/mol. The average molecular weight is 468 g/mol. The maximum atomic E-state index is 4.99. The van der Waals surface area contributed by atoms with E-state index < -0.39 is 0 Å². The molecule has 4 rings (SSSR count). The Kier molecular flexibility index (Phi) is 4.63. The van der Waals surface area contributed by atoms with Crippen LogP contribution >= 0.6 is 31.9 Å². The van der Waals surface area contributed by atoms with Crippen LogP contribution in [0.3, 0.4) is 0 Å². The summed E-state index contributed by atoms with van der Waals surface area (Å²) < 4.78 is 1.87. The predicted octanol–water partition coefficient (Wildman–Crippen LogP) is 7.11. The molecule has 0 fully saturated rings. The van der Waals surface area contributed by atoms with E-state index in [1.807, 2.05) is 12.1 Å². The Hall–Kier alpha value is -2.04. The summed E-state index contributed by atoms with van der Waals surface area (Å²) in [6.45, 7) is 4.18. The number of halogens is 2. The molecule has 0 aliphatic carbocycles. The van der Waals surface area contributed by atoms with Crippen LogP contribution in [-0.2, 0) is 0 Å². The van der Waals surface area contributed by atoms with Gasteiger partial charge in [0.2, 0.25) is 0 Å². The van der Waals surface area contributed by atoms with Crippen LogP contribution in [0.15, 0.2) is 69.6 Å². The van der Waals surface area contributed by atoms with Crippen LogP contribution in [-0.4, -0.2) is 9.97 Å². The summed E-state index contributed by atoms with van der Waals surface area (Å²) in [5, 5.41) is 0. The lowest BCUT2D eigenvalue weighted by molar-refractivity contribution is 1.28. The Bertz CT molecular complexity index is 1010. The van der Waals surface area contributed by atoms with Gasteiger partial charge in [0.25, 0.3) is 0 Å². The fraction of sp³-hybridized carbons (Fsp3) is 0.0909. The maximum absolute atomic E-state index is 4.99. The van der Waals surface area contributed by atoms with Crippen LogP contribution in [0.4, 0.5) is 0 Å². The van der Waals surface area contributed by atoms with Crippen LogP contribution in [0.2, 0.25) is 0 Å². The molecule has 0 N–H and O–H groups in total. The fourth-order valence-corrected chi connectivity index (χ4v) is 3.72. The Morgan fingerprint density at radius 3 is 1.23 bits per heavy atom. The van der Waals surface area contributed by atoms with Gasteiger partial charge in [-0.15, -0.1) is 0 Å². The van der Waals surface area contributed by atoms with E-state index >= 15 is 0 Å². The molecule has 0 radical (unpaired) electrons. The lowest BCUT2D eigenvalue weighted by Gasteiger charge is -2.12. The number of fused-ring (bicyclic) bond motifs is 1. The first kappa shape index (κ1) is 17.4. The van der Waals surface area contributed by atoms with Gasteiger partial charge in [-0.05, 0) is 57.8 Å². The van der Waals surface area contributed by atoms with Crippen molar-refractivity contribution in [1.29, 1.82) is 0 Å². The van der Waals surface area contributed by atoms with Gasteiger partial charge in [0, 0.05) is 20.1 Å². The molecule has 0 bridgehead atoms. The quantitative estimate of drug-likeness (QED) is 0.314. The number of nitrogens with zero attached hydrogens (tertiary/aromatic N) is 2. The fourth-order valence-electron chi connectivity index (χ4n) is 2.90. The Labute approximate surface area is 169 Å². The summed E-state index contributed by atoms with van der Waals surface area (Å²) in [5.41, 5.74) is 8.06. The van der Waals surface area contributed by atoms with E-state index in [2.05, 4.69) is 94.2 Å². The highest BCUT2D eigenvalue weighted by Crippen LogP contribution is 2.35. The minimum absolute atomic E-state index is 0.853. The van der Waals surface area contributed by atoms with Gasteiger partial charge in [-0.25, -0.2) is 9.97 Å². The second-order valence-corrected chi connectivity index (χ2v) is 8.09. The third kappa shape index (κ3) is 3.19. The second kappa shape index (κ2) is 6.93. The molecule has 0 atom stereocenters. The van der Waals surface area contributed by atoms with E-state index in [1.165, 1.54) is 11.1 Å². The molecule has 0 amide bonds. The first-order chi connectivity index (χ1) is 12.5. The molecule has 1 aromatic heterocycles. The topological polar surface area (TPSA) is 25.8 Å². The number of hydrogen-bond donors (Lipinski definition) is 0. The van der Waals surface area contributed by atoms with Gasteiger partial charge >= 0.3 is 0 Å². The summed E-state index contributed by atoms with van der Waals surface area (Å²) in [4.78, 5) is 9.99. The van der Waals surface area contributed by atoms with Crippen molar-refractivity contribution < 1.29 is 0 Å². The average Bonchev–Trinajstić information content (AvgIpc) is 2.65. The third-order valence-corrected chi connectivity index (χ3v) is 5.65. The molecule has 4 heteroatoms. The van der Waals surface area contributed by atoms with Crippen molar-refractivity contribution in [2.75, 3.05) is 0 Å². The standard InChI is InChI=1S/C22H16Br2N2/c1-13-3-7-15(8-4-13)19-20(16-9-5-14(2)6-10-16)26-22-18(24)12-11-17(23)21(22)25-19/h3-12H,1-2H3. The molecule has 2 nitrogen and oxygen atoms in total. The van der Waals surface area contributed by atoms with Gasteiger partial charge in [-0.2, -0.15) is 0 Å². The molecule has 128 valence electrons. The van der Waals surface area contributed by atoms with Crippen molar-refractivity contribution in [3.05, 3.63) is 80.7 Å². The molecule has 26 heavy (non-hydrogen) atoms. The molecule has 0 aliphatic rings. The number of rotatable bonds is 2. The molecule has 0 unspecified atom stereocenters. The van der Waals surface area contributed by atoms with E-state index in [0.717, 1.165) is 42.5 Å². The lowest BCUT2D eigenvalue weighted by Crippen LogP contribution is -1.97. The molecule has 0 saturated heterocycles. The SMILES string of the molecule is Cc1ccc(-c2nc3c(Br)ccc(Br)c3nc2-c2ccc(C)cc2)cc1. The van der Waals surface area contributed by atoms with Crippen LogP contribution in [0.25, 0.3) is 33.5 Å². The number of aromatic nitrogens is 2. The van der Waals surface area contributed by atoms with Crippen molar-refractivity contribution in [3.63, 3.8) is 0 Å². The second-order valence-electron chi connectivity index (χ2n) is 6.38. The van der Waals surface area contributed by atoms with Crippen LogP contribution in [0.1, 0.15) is 11.1 Å². The van der Waals surface area contributed by atoms with Gasteiger partial charge < -0.3 is 0 Å². The highest BCUT2D eigenvalue weighted by molar-refractivity contribution is 9.11. The summed E-state index contributed by atoms with van der Waals surface area (Å²) in [6, 6.07) is 20.8. The van der Waals surface area contributed by atoms with Crippen molar-refractivity contribution in [1.82, 2.24) is 9.97 Å². The van der Waals surface area contributed by atoms with Gasteiger partial charge in [-0.1, -0.05) is 59.7 Å². The van der Waals surface area contributed by atoms with Gasteiger partial charge in [0.1, 0.15) is 11.0 Å². The van der Waals surface area contributed by atoms with E-state index in [0.29, 0.717) is 0 Å². The summed E-state index contributed by atoms with van der Waals surface area (Å²) >= 11 is 7.23. The Balaban J connectivity index is 2.06. The first-order valence-electron chi connectivity index (χ1n) is 8.33. The molecule has 0 saturated carbocycles. The Morgan fingerprint density at radius 1 is 0.538 bits per heavy atom. The van der Waals surface area contributed by atoms with Crippen molar-refractivity contribution in [2.24, 2.45) is 0 Å². The van der Waals surface area contributed by atoms with E-state index in [-0.39, 0.29) is 0 Å². The molecule has 0 aliphatic heterocycles. The molecule has 4 aromatic rings. The van der Waals surface area contributed by atoms with Gasteiger partial charge in [0.05, 0.1) is 11.4 Å². The van der Waals surface area contributed by atoms with E-state index in [4.69, 9.17) is 9.97 Å². The Morgan fingerprint density at radius 2 is 0.885 bits per heavy atom. The van der Waals surface area contributed by atoms with Gasteiger partial charge in [0.15, 0.2) is 0 Å². The molecule has 0 spiro atoms. The minimum Gasteiger partial charge on any atom is -0.243 e. The van der Waals surface area contributed by atoms with Crippen molar-refractivity contribution >= 4 is 42.9 Å². The minimum atomic E-state index is 0.853. The zero-order chi connectivity index (χ0) is 18.3. The highest BCUT2D eigenvalue weighted by Gasteiger charge is 2.16. The largest absolute Gasteiger partial charge is 0.243 e. The van der Waals surface area contributed by atoms with Crippen molar-refractivity contribution in [3.8, 4) is 22.5 Å². The van der Waals surface area contributed by atoms with E-state index in [1.54, 1.807) is 0 Å². The molecular weight excluding hydrogens is 452 g/mol.